The average molecular weight is 295 g/mol. The molecule has 0 bridgehead atoms. The maximum atomic E-state index is 10.4. The lowest BCUT2D eigenvalue weighted by Gasteiger charge is -2.21. The van der Waals surface area contributed by atoms with Crippen LogP contribution in [0.2, 0.25) is 0 Å². The monoisotopic (exact) mass is 295 g/mol. The highest BCUT2D eigenvalue weighted by atomic mass is 16.5. The molecule has 0 aliphatic rings. The summed E-state index contributed by atoms with van der Waals surface area (Å²) in [5.41, 5.74) is 0.750. The zero-order valence-corrected chi connectivity index (χ0v) is 13.8. The summed E-state index contributed by atoms with van der Waals surface area (Å²) < 4.78 is 10.5. The largest absolute Gasteiger partial charge is 0.497 e. The van der Waals surface area contributed by atoms with Gasteiger partial charge in [-0.25, -0.2) is 0 Å². The van der Waals surface area contributed by atoms with Gasteiger partial charge in [-0.2, -0.15) is 0 Å². The van der Waals surface area contributed by atoms with Gasteiger partial charge in [0.25, 0.3) is 0 Å². The maximum Gasteiger partial charge on any atom is 0.124 e. The normalized spacial score (nSPS) is 15.3. The van der Waals surface area contributed by atoms with Crippen LogP contribution in [0.4, 0.5) is 0 Å². The van der Waals surface area contributed by atoms with Crippen molar-refractivity contribution in [1.29, 1.82) is 0 Å². The Kier molecular flexibility index (Phi) is 7.54. The zero-order valence-electron chi connectivity index (χ0n) is 13.8. The fourth-order valence-electron chi connectivity index (χ4n) is 2.38. The Morgan fingerprint density at radius 3 is 2.48 bits per heavy atom. The Morgan fingerprint density at radius 2 is 1.90 bits per heavy atom. The van der Waals surface area contributed by atoms with Crippen molar-refractivity contribution in [3.63, 3.8) is 0 Å². The molecule has 0 saturated carbocycles. The van der Waals surface area contributed by atoms with Crippen molar-refractivity contribution < 1.29 is 14.6 Å². The van der Waals surface area contributed by atoms with Crippen molar-refractivity contribution >= 4 is 0 Å². The minimum Gasteiger partial charge on any atom is -0.497 e. The van der Waals surface area contributed by atoms with Crippen LogP contribution in [-0.4, -0.2) is 31.9 Å². The quantitative estimate of drug-likeness (QED) is 0.735. The highest BCUT2D eigenvalue weighted by molar-refractivity contribution is 5.41. The van der Waals surface area contributed by atoms with Crippen LogP contribution in [0.1, 0.15) is 45.3 Å². The van der Waals surface area contributed by atoms with E-state index in [-0.39, 0.29) is 0 Å². The van der Waals surface area contributed by atoms with Crippen LogP contribution < -0.4 is 14.8 Å². The first-order valence-electron chi connectivity index (χ1n) is 7.65. The highest BCUT2D eigenvalue weighted by Crippen LogP contribution is 2.29. The van der Waals surface area contributed by atoms with E-state index in [1.165, 1.54) is 6.42 Å². The number of ether oxygens (including phenoxy) is 2. The van der Waals surface area contributed by atoms with Crippen molar-refractivity contribution in [3.05, 3.63) is 23.8 Å². The number of aliphatic hydroxyl groups excluding tert-OH is 1. The molecule has 1 aromatic carbocycles. The summed E-state index contributed by atoms with van der Waals surface area (Å²) in [6.07, 6.45) is 1.67. The van der Waals surface area contributed by atoms with Gasteiger partial charge < -0.3 is 19.9 Å². The Labute approximate surface area is 128 Å². The van der Waals surface area contributed by atoms with Gasteiger partial charge in [-0.15, -0.1) is 0 Å². The minimum atomic E-state index is -0.616. The molecule has 0 heterocycles. The Hall–Kier alpha value is -1.26. The van der Waals surface area contributed by atoms with Crippen LogP contribution in [0.15, 0.2) is 18.2 Å². The van der Waals surface area contributed by atoms with Crippen LogP contribution >= 0.6 is 0 Å². The second-order valence-electron chi connectivity index (χ2n) is 5.68. The van der Waals surface area contributed by atoms with Gasteiger partial charge in [0, 0.05) is 18.2 Å². The summed E-state index contributed by atoms with van der Waals surface area (Å²) in [7, 11) is 3.22. The molecular formula is C17H29NO3. The molecule has 21 heavy (non-hydrogen) atoms. The number of nitrogens with one attached hydrogen (secondary N) is 1. The summed E-state index contributed by atoms with van der Waals surface area (Å²) in [5, 5.41) is 13.8. The van der Waals surface area contributed by atoms with Crippen LogP contribution in [-0.2, 0) is 0 Å². The van der Waals surface area contributed by atoms with Crippen molar-refractivity contribution in [3.8, 4) is 11.5 Å². The molecule has 4 heteroatoms. The first-order valence-corrected chi connectivity index (χ1v) is 7.65. The zero-order chi connectivity index (χ0) is 15.8. The van der Waals surface area contributed by atoms with Gasteiger partial charge in [0.05, 0.1) is 20.3 Å². The fraction of sp³-hybridized carbons (Fsp3) is 0.647. The van der Waals surface area contributed by atoms with E-state index in [9.17, 15) is 5.11 Å². The molecule has 0 aromatic heterocycles. The van der Waals surface area contributed by atoms with E-state index in [0.717, 1.165) is 17.7 Å². The molecule has 1 aromatic rings. The third-order valence-corrected chi connectivity index (χ3v) is 3.91. The summed E-state index contributed by atoms with van der Waals surface area (Å²) >= 11 is 0. The van der Waals surface area contributed by atoms with E-state index in [1.807, 2.05) is 18.2 Å². The molecular weight excluding hydrogens is 266 g/mol. The molecule has 3 atom stereocenters. The van der Waals surface area contributed by atoms with Gasteiger partial charge in [-0.1, -0.05) is 20.3 Å². The highest BCUT2D eigenvalue weighted by Gasteiger charge is 2.16. The number of methoxy groups -OCH3 is 2. The van der Waals surface area contributed by atoms with Crippen molar-refractivity contribution in [1.82, 2.24) is 5.32 Å². The van der Waals surface area contributed by atoms with Gasteiger partial charge in [0.2, 0.25) is 0 Å². The lowest BCUT2D eigenvalue weighted by molar-refractivity contribution is 0.164. The first kappa shape index (κ1) is 17.8. The number of hydrogen-bond donors (Lipinski definition) is 2. The molecule has 2 N–H and O–H groups in total. The van der Waals surface area contributed by atoms with Crippen LogP contribution in [0.25, 0.3) is 0 Å². The molecule has 0 amide bonds. The van der Waals surface area contributed by atoms with Gasteiger partial charge in [-0.3, -0.25) is 0 Å². The van der Waals surface area contributed by atoms with Gasteiger partial charge in [0.15, 0.2) is 0 Å². The number of hydrogen-bond acceptors (Lipinski definition) is 4. The first-order chi connectivity index (χ1) is 10.0. The standard InChI is InChI=1S/C17H29NO3/c1-6-12(2)9-13(3)18-11-16(19)15-10-14(20-4)7-8-17(15)21-5/h7-8,10,12-13,16,18-19H,6,9,11H2,1-5H3. The summed E-state index contributed by atoms with van der Waals surface area (Å²) in [4.78, 5) is 0. The third-order valence-electron chi connectivity index (χ3n) is 3.91. The maximum absolute atomic E-state index is 10.4. The topological polar surface area (TPSA) is 50.7 Å². The molecule has 3 unspecified atom stereocenters. The van der Waals surface area contributed by atoms with Crippen molar-refractivity contribution in [2.24, 2.45) is 5.92 Å². The summed E-state index contributed by atoms with van der Waals surface area (Å²) in [6, 6.07) is 5.85. The summed E-state index contributed by atoms with van der Waals surface area (Å²) in [6.45, 7) is 7.11. The van der Waals surface area contributed by atoms with Crippen molar-refractivity contribution in [2.75, 3.05) is 20.8 Å². The molecule has 4 nitrogen and oxygen atoms in total. The van der Waals surface area contributed by atoms with Crippen molar-refractivity contribution in [2.45, 2.75) is 45.8 Å². The van der Waals surface area contributed by atoms with Gasteiger partial charge in [0.1, 0.15) is 11.5 Å². The number of aliphatic hydroxyl groups is 1. The van der Waals surface area contributed by atoms with Gasteiger partial charge >= 0.3 is 0 Å². The molecule has 0 saturated heterocycles. The van der Waals surface area contributed by atoms with Gasteiger partial charge in [-0.05, 0) is 37.5 Å². The molecule has 0 fully saturated rings. The van der Waals surface area contributed by atoms with Crippen LogP contribution in [0.3, 0.4) is 0 Å². The average Bonchev–Trinajstić information content (AvgIpc) is 2.51. The van der Waals surface area contributed by atoms with Crippen LogP contribution in [0.5, 0.6) is 11.5 Å². The van der Waals surface area contributed by atoms with E-state index in [1.54, 1.807) is 14.2 Å². The summed E-state index contributed by atoms with van der Waals surface area (Å²) in [5.74, 6) is 2.09. The smallest absolute Gasteiger partial charge is 0.124 e. The molecule has 0 spiro atoms. The predicted octanol–water partition coefficient (Wildman–Crippen LogP) is 3.15. The van der Waals surface area contributed by atoms with E-state index in [2.05, 4.69) is 26.1 Å². The molecule has 0 radical (unpaired) electrons. The lowest BCUT2D eigenvalue weighted by atomic mass is 10.00. The second kappa shape index (κ2) is 8.90. The molecule has 0 aliphatic heterocycles. The lowest BCUT2D eigenvalue weighted by Crippen LogP contribution is -2.31. The van der Waals surface area contributed by atoms with E-state index >= 15 is 0 Å². The Balaban J connectivity index is 2.64. The number of benzene rings is 1. The second-order valence-corrected chi connectivity index (χ2v) is 5.68. The van der Waals surface area contributed by atoms with E-state index in [0.29, 0.717) is 24.3 Å². The van der Waals surface area contributed by atoms with Crippen LogP contribution in [0, 0.1) is 5.92 Å². The Bertz CT molecular complexity index is 422. The molecule has 0 aliphatic carbocycles. The van der Waals surface area contributed by atoms with E-state index in [4.69, 9.17) is 9.47 Å². The molecule has 120 valence electrons. The fourth-order valence-corrected chi connectivity index (χ4v) is 2.38. The van der Waals surface area contributed by atoms with E-state index < -0.39 is 6.10 Å². The predicted molar refractivity (Wildman–Crippen MR) is 86.0 cm³/mol. The third kappa shape index (κ3) is 5.56. The SMILES string of the molecule is CCC(C)CC(C)NCC(O)c1cc(OC)ccc1OC. The molecule has 1 rings (SSSR count). The minimum absolute atomic E-state index is 0.381. The Morgan fingerprint density at radius 1 is 1.19 bits per heavy atom. The number of rotatable bonds is 9.